The molecule has 0 aliphatic rings. The van der Waals surface area contributed by atoms with Crippen LogP contribution < -0.4 is 10.6 Å². The van der Waals surface area contributed by atoms with Gasteiger partial charge >= 0.3 is 0 Å². The summed E-state index contributed by atoms with van der Waals surface area (Å²) in [6, 6.07) is 13.3. The lowest BCUT2D eigenvalue weighted by atomic mass is 10.2. The van der Waals surface area contributed by atoms with Crippen molar-refractivity contribution < 1.29 is 8.78 Å². The van der Waals surface area contributed by atoms with Crippen molar-refractivity contribution in [3.8, 4) is 11.3 Å². The van der Waals surface area contributed by atoms with Gasteiger partial charge < -0.3 is 15.6 Å². The Morgan fingerprint density at radius 2 is 1.93 bits per heavy atom. The Morgan fingerprint density at radius 3 is 2.70 bits per heavy atom. The van der Waals surface area contributed by atoms with E-state index in [2.05, 4.69) is 25.6 Å². The molecule has 0 aliphatic carbocycles. The monoisotopic (exact) mass is 369 g/mol. The maximum atomic E-state index is 13.7. The number of benzene rings is 2. The maximum absolute atomic E-state index is 13.7. The van der Waals surface area contributed by atoms with Gasteiger partial charge in [-0.15, -0.1) is 0 Å². The maximum Gasteiger partial charge on any atom is 0.191 e. The van der Waals surface area contributed by atoms with Crippen molar-refractivity contribution in [2.24, 2.45) is 4.99 Å². The highest BCUT2D eigenvalue weighted by molar-refractivity contribution is 5.79. The molecule has 3 aromatic rings. The van der Waals surface area contributed by atoms with E-state index in [0.717, 1.165) is 35.3 Å². The van der Waals surface area contributed by atoms with Crippen LogP contribution in [0.15, 0.2) is 59.7 Å². The third-order valence-corrected chi connectivity index (χ3v) is 3.90. The zero-order chi connectivity index (χ0) is 19.1. The first kappa shape index (κ1) is 18.6. The second kappa shape index (κ2) is 8.93. The lowest BCUT2D eigenvalue weighted by Crippen LogP contribution is -2.37. The van der Waals surface area contributed by atoms with E-state index in [4.69, 9.17) is 0 Å². The number of aromatic nitrogens is 2. The Balaban J connectivity index is 1.64. The predicted molar refractivity (Wildman–Crippen MR) is 102 cm³/mol. The number of H-pyrrole nitrogens is 1. The molecule has 0 saturated carbocycles. The Bertz CT molecular complexity index is 906. The van der Waals surface area contributed by atoms with Crippen molar-refractivity contribution in [3.63, 3.8) is 0 Å². The van der Waals surface area contributed by atoms with Gasteiger partial charge in [-0.25, -0.2) is 18.8 Å². The van der Waals surface area contributed by atoms with Crippen LogP contribution in [0.5, 0.6) is 0 Å². The van der Waals surface area contributed by atoms with Crippen molar-refractivity contribution in [1.29, 1.82) is 0 Å². The number of hydrogen-bond donors (Lipinski definition) is 3. The summed E-state index contributed by atoms with van der Waals surface area (Å²) < 4.78 is 27.0. The number of nitrogens with one attached hydrogen (secondary N) is 3. The number of hydrogen-bond acceptors (Lipinski definition) is 2. The molecular formula is C20H21F2N5. The average Bonchev–Trinajstić information content (AvgIpc) is 3.16. The minimum absolute atomic E-state index is 0.0341. The molecule has 3 rings (SSSR count). The standard InChI is InChI=1S/C20H21F2N5/c1-2-23-20(25-11-15-10-16(21)8-9-17(15)22)26-13-19-24-12-18(27-19)14-6-4-3-5-7-14/h3-10,12H,2,11,13H2,1H3,(H,24,27)(H2,23,25,26). The molecule has 0 unspecified atom stereocenters. The predicted octanol–water partition coefficient (Wildman–Crippen LogP) is 3.61. The minimum atomic E-state index is -0.483. The molecule has 27 heavy (non-hydrogen) atoms. The van der Waals surface area contributed by atoms with Gasteiger partial charge in [-0.2, -0.15) is 0 Å². The SMILES string of the molecule is CCNC(=NCc1cc(F)ccc1F)NCc1ncc(-c2ccccc2)[nH]1. The van der Waals surface area contributed by atoms with Crippen molar-refractivity contribution >= 4 is 5.96 Å². The van der Waals surface area contributed by atoms with Gasteiger partial charge in [-0.3, -0.25) is 0 Å². The van der Waals surface area contributed by atoms with Crippen LogP contribution in [-0.4, -0.2) is 22.5 Å². The molecule has 1 heterocycles. The first-order chi connectivity index (χ1) is 13.2. The van der Waals surface area contributed by atoms with Gasteiger partial charge in [0, 0.05) is 12.1 Å². The Labute approximate surface area is 156 Å². The summed E-state index contributed by atoms with van der Waals surface area (Å²) >= 11 is 0. The van der Waals surface area contributed by atoms with E-state index >= 15 is 0 Å². The molecule has 0 atom stereocenters. The highest BCUT2D eigenvalue weighted by Gasteiger charge is 2.06. The van der Waals surface area contributed by atoms with E-state index in [1.165, 1.54) is 0 Å². The van der Waals surface area contributed by atoms with Crippen LogP contribution in [0.1, 0.15) is 18.3 Å². The Hall–Kier alpha value is -3.22. The molecule has 0 bridgehead atoms. The topological polar surface area (TPSA) is 65.1 Å². The van der Waals surface area contributed by atoms with Gasteiger partial charge in [0.05, 0.1) is 25.0 Å². The van der Waals surface area contributed by atoms with E-state index in [0.29, 0.717) is 19.0 Å². The zero-order valence-electron chi connectivity index (χ0n) is 15.0. The number of aromatic amines is 1. The summed E-state index contributed by atoms with van der Waals surface area (Å²) in [7, 11) is 0. The summed E-state index contributed by atoms with van der Waals surface area (Å²) in [4.78, 5) is 11.9. The molecule has 0 spiro atoms. The third kappa shape index (κ3) is 5.13. The van der Waals surface area contributed by atoms with Crippen LogP contribution in [0.2, 0.25) is 0 Å². The highest BCUT2D eigenvalue weighted by Crippen LogP contribution is 2.16. The lowest BCUT2D eigenvalue weighted by Gasteiger charge is -2.10. The van der Waals surface area contributed by atoms with Gasteiger partial charge in [0.15, 0.2) is 5.96 Å². The van der Waals surface area contributed by atoms with Crippen molar-refractivity contribution in [1.82, 2.24) is 20.6 Å². The quantitative estimate of drug-likeness (QED) is 0.459. The first-order valence-electron chi connectivity index (χ1n) is 8.71. The zero-order valence-corrected chi connectivity index (χ0v) is 15.0. The van der Waals surface area contributed by atoms with Crippen LogP contribution in [-0.2, 0) is 13.1 Å². The summed E-state index contributed by atoms with van der Waals surface area (Å²) in [5.41, 5.74) is 2.19. The largest absolute Gasteiger partial charge is 0.357 e. The fourth-order valence-corrected chi connectivity index (χ4v) is 2.55. The first-order valence-corrected chi connectivity index (χ1v) is 8.71. The second-order valence-corrected chi connectivity index (χ2v) is 5.89. The van der Waals surface area contributed by atoms with E-state index < -0.39 is 11.6 Å². The van der Waals surface area contributed by atoms with Gasteiger partial charge in [0.25, 0.3) is 0 Å². The Morgan fingerprint density at radius 1 is 1.11 bits per heavy atom. The van der Waals surface area contributed by atoms with Crippen molar-refractivity contribution in [3.05, 3.63) is 77.8 Å². The van der Waals surface area contributed by atoms with E-state index in [9.17, 15) is 8.78 Å². The molecule has 0 amide bonds. The van der Waals surface area contributed by atoms with Crippen molar-refractivity contribution in [2.45, 2.75) is 20.0 Å². The summed E-state index contributed by atoms with van der Waals surface area (Å²) in [5, 5.41) is 6.21. The second-order valence-electron chi connectivity index (χ2n) is 5.89. The van der Waals surface area contributed by atoms with Gasteiger partial charge in [-0.1, -0.05) is 30.3 Å². The number of aliphatic imine (C=N–C) groups is 1. The van der Waals surface area contributed by atoms with Gasteiger partial charge in [0.1, 0.15) is 17.5 Å². The van der Waals surface area contributed by atoms with Crippen LogP contribution >= 0.6 is 0 Å². The molecule has 7 heteroatoms. The van der Waals surface area contributed by atoms with Gasteiger partial charge in [-0.05, 0) is 30.7 Å². The van der Waals surface area contributed by atoms with Crippen LogP contribution in [0.3, 0.4) is 0 Å². The smallest absolute Gasteiger partial charge is 0.191 e. The molecular weight excluding hydrogens is 348 g/mol. The molecule has 3 N–H and O–H groups in total. The van der Waals surface area contributed by atoms with Crippen LogP contribution in [0, 0.1) is 11.6 Å². The fraction of sp³-hybridized carbons (Fsp3) is 0.200. The lowest BCUT2D eigenvalue weighted by molar-refractivity contribution is 0.585. The van der Waals surface area contributed by atoms with Crippen LogP contribution in [0.25, 0.3) is 11.3 Å². The van der Waals surface area contributed by atoms with E-state index in [1.54, 1.807) is 6.20 Å². The van der Waals surface area contributed by atoms with E-state index in [-0.39, 0.29) is 12.1 Å². The average molecular weight is 369 g/mol. The molecule has 0 aliphatic heterocycles. The molecule has 2 aromatic carbocycles. The number of imidazole rings is 1. The molecule has 1 aromatic heterocycles. The van der Waals surface area contributed by atoms with Gasteiger partial charge in [0.2, 0.25) is 0 Å². The van der Waals surface area contributed by atoms with E-state index in [1.807, 2.05) is 37.3 Å². The molecule has 0 saturated heterocycles. The third-order valence-electron chi connectivity index (χ3n) is 3.90. The number of guanidine groups is 1. The molecule has 140 valence electrons. The van der Waals surface area contributed by atoms with Crippen molar-refractivity contribution in [2.75, 3.05) is 6.54 Å². The minimum Gasteiger partial charge on any atom is -0.357 e. The van der Waals surface area contributed by atoms with Crippen LogP contribution in [0.4, 0.5) is 8.78 Å². The number of halogens is 2. The number of nitrogens with zero attached hydrogens (tertiary/aromatic N) is 2. The number of rotatable bonds is 6. The molecule has 5 nitrogen and oxygen atoms in total. The fourth-order valence-electron chi connectivity index (χ4n) is 2.55. The Kier molecular flexibility index (Phi) is 6.14. The summed E-state index contributed by atoms with van der Waals surface area (Å²) in [6.07, 6.45) is 1.78. The molecule has 0 fully saturated rings. The summed E-state index contributed by atoms with van der Waals surface area (Å²) in [6.45, 7) is 3.03. The highest BCUT2D eigenvalue weighted by atomic mass is 19.1. The molecule has 0 radical (unpaired) electrons. The summed E-state index contributed by atoms with van der Waals surface area (Å²) in [5.74, 6) is 0.285. The normalized spacial score (nSPS) is 11.4.